The Morgan fingerprint density at radius 3 is 2.76 bits per heavy atom. The van der Waals surface area contributed by atoms with Gasteiger partial charge in [-0.15, -0.1) is 0 Å². The molecule has 0 aliphatic heterocycles. The molecule has 0 aliphatic carbocycles. The number of aryl methyl sites for hydroxylation is 1. The lowest BCUT2D eigenvalue weighted by molar-refractivity contribution is 0.375. The molecule has 2 rings (SSSR count). The third-order valence-corrected chi connectivity index (χ3v) is 3.38. The van der Waals surface area contributed by atoms with E-state index < -0.39 is 0 Å². The normalized spacial score (nSPS) is 15.1. The lowest BCUT2D eigenvalue weighted by Crippen LogP contribution is -2.18. The summed E-state index contributed by atoms with van der Waals surface area (Å²) in [4.78, 5) is 0. The minimum atomic E-state index is 0.00246. The molecule has 1 heterocycles. The van der Waals surface area contributed by atoms with Crippen molar-refractivity contribution in [3.8, 4) is 0 Å². The second-order valence-electron chi connectivity index (χ2n) is 4.98. The minimum absolute atomic E-state index is 0.00246. The summed E-state index contributed by atoms with van der Waals surface area (Å²) in [5, 5.41) is 1.15. The van der Waals surface area contributed by atoms with Crippen molar-refractivity contribution in [3.63, 3.8) is 0 Å². The quantitative estimate of drug-likeness (QED) is 0.857. The Morgan fingerprint density at radius 2 is 2.06 bits per heavy atom. The Morgan fingerprint density at radius 1 is 1.29 bits per heavy atom. The molecule has 1 aromatic heterocycles. The van der Waals surface area contributed by atoms with Crippen molar-refractivity contribution in [1.29, 1.82) is 0 Å². The number of nitrogens with two attached hydrogens (primary N) is 1. The molecule has 0 bridgehead atoms. The van der Waals surface area contributed by atoms with Gasteiger partial charge in [0.15, 0.2) is 0 Å². The molecule has 2 atom stereocenters. The molecule has 0 amide bonds. The first-order chi connectivity index (χ1) is 8.11. The van der Waals surface area contributed by atoms with Crippen LogP contribution in [0.25, 0.3) is 11.0 Å². The van der Waals surface area contributed by atoms with Gasteiger partial charge in [-0.3, -0.25) is 0 Å². The van der Waals surface area contributed by atoms with Crippen LogP contribution in [0.15, 0.2) is 28.7 Å². The zero-order valence-electron chi connectivity index (χ0n) is 10.9. The molecule has 17 heavy (non-hydrogen) atoms. The van der Waals surface area contributed by atoms with Crippen LogP contribution < -0.4 is 5.73 Å². The molecule has 0 radical (unpaired) electrons. The van der Waals surface area contributed by atoms with E-state index in [1.807, 2.05) is 6.07 Å². The number of benzene rings is 1. The van der Waals surface area contributed by atoms with E-state index in [4.69, 9.17) is 10.2 Å². The molecule has 2 heteroatoms. The highest BCUT2D eigenvalue weighted by atomic mass is 16.3. The van der Waals surface area contributed by atoms with Gasteiger partial charge in [-0.05, 0) is 37.5 Å². The summed E-state index contributed by atoms with van der Waals surface area (Å²) < 4.78 is 5.83. The fourth-order valence-corrected chi connectivity index (χ4v) is 2.26. The van der Waals surface area contributed by atoms with Gasteiger partial charge in [0.2, 0.25) is 0 Å². The SMILES string of the molecule is CCCC(C)C(N)c1cc2cc(C)ccc2o1. The van der Waals surface area contributed by atoms with Gasteiger partial charge in [0.25, 0.3) is 0 Å². The van der Waals surface area contributed by atoms with Crippen LogP contribution in [0.2, 0.25) is 0 Å². The number of rotatable bonds is 4. The maximum absolute atomic E-state index is 6.23. The average molecular weight is 231 g/mol. The summed E-state index contributed by atoms with van der Waals surface area (Å²) >= 11 is 0. The highest BCUT2D eigenvalue weighted by Gasteiger charge is 2.18. The van der Waals surface area contributed by atoms with E-state index in [0.717, 1.165) is 29.6 Å². The topological polar surface area (TPSA) is 39.2 Å². The zero-order chi connectivity index (χ0) is 12.4. The van der Waals surface area contributed by atoms with Gasteiger partial charge >= 0.3 is 0 Å². The van der Waals surface area contributed by atoms with Gasteiger partial charge in [0.1, 0.15) is 11.3 Å². The van der Waals surface area contributed by atoms with Gasteiger partial charge in [-0.2, -0.15) is 0 Å². The first-order valence-electron chi connectivity index (χ1n) is 6.37. The monoisotopic (exact) mass is 231 g/mol. The highest BCUT2D eigenvalue weighted by Crippen LogP contribution is 2.29. The average Bonchev–Trinajstić information content (AvgIpc) is 2.71. The molecular formula is C15H21NO. The summed E-state index contributed by atoms with van der Waals surface area (Å²) in [6.07, 6.45) is 2.30. The van der Waals surface area contributed by atoms with Crippen LogP contribution in [-0.2, 0) is 0 Å². The molecule has 0 aliphatic rings. The third-order valence-electron chi connectivity index (χ3n) is 3.38. The largest absolute Gasteiger partial charge is 0.459 e. The van der Waals surface area contributed by atoms with E-state index in [2.05, 4.69) is 39.0 Å². The first-order valence-corrected chi connectivity index (χ1v) is 6.37. The number of fused-ring (bicyclic) bond motifs is 1. The van der Waals surface area contributed by atoms with Crippen LogP contribution in [0.5, 0.6) is 0 Å². The van der Waals surface area contributed by atoms with Crippen LogP contribution in [-0.4, -0.2) is 0 Å². The Hall–Kier alpha value is -1.28. The summed E-state index contributed by atoms with van der Waals surface area (Å²) in [7, 11) is 0. The fourth-order valence-electron chi connectivity index (χ4n) is 2.26. The van der Waals surface area contributed by atoms with E-state index in [1.165, 1.54) is 5.56 Å². The molecular weight excluding hydrogens is 210 g/mol. The van der Waals surface area contributed by atoms with E-state index in [0.29, 0.717) is 5.92 Å². The smallest absolute Gasteiger partial charge is 0.134 e. The first kappa shape index (κ1) is 12.2. The maximum Gasteiger partial charge on any atom is 0.134 e. The predicted molar refractivity (Wildman–Crippen MR) is 72.0 cm³/mol. The third kappa shape index (κ3) is 2.52. The van der Waals surface area contributed by atoms with Gasteiger partial charge in [0.05, 0.1) is 6.04 Å². The van der Waals surface area contributed by atoms with E-state index in [1.54, 1.807) is 0 Å². The van der Waals surface area contributed by atoms with E-state index in [9.17, 15) is 0 Å². The number of hydrogen-bond donors (Lipinski definition) is 1. The van der Waals surface area contributed by atoms with Crippen molar-refractivity contribution >= 4 is 11.0 Å². The van der Waals surface area contributed by atoms with Gasteiger partial charge in [-0.25, -0.2) is 0 Å². The molecule has 0 saturated heterocycles. The second kappa shape index (κ2) is 4.92. The van der Waals surface area contributed by atoms with Crippen LogP contribution in [0.3, 0.4) is 0 Å². The van der Waals surface area contributed by atoms with Crippen molar-refractivity contribution in [1.82, 2.24) is 0 Å². The Labute approximate surface area is 103 Å². The van der Waals surface area contributed by atoms with Gasteiger partial charge < -0.3 is 10.2 Å². The summed E-state index contributed by atoms with van der Waals surface area (Å²) in [6, 6.07) is 8.31. The molecule has 0 saturated carbocycles. The van der Waals surface area contributed by atoms with Crippen molar-refractivity contribution < 1.29 is 4.42 Å². The molecule has 0 fully saturated rings. The standard InChI is InChI=1S/C15H21NO/c1-4-5-11(3)15(16)14-9-12-8-10(2)6-7-13(12)17-14/h6-9,11,15H,4-5,16H2,1-3H3. The van der Waals surface area contributed by atoms with Crippen molar-refractivity contribution in [3.05, 3.63) is 35.6 Å². The summed E-state index contributed by atoms with van der Waals surface area (Å²) in [5.41, 5.74) is 8.42. The van der Waals surface area contributed by atoms with Crippen molar-refractivity contribution in [2.45, 2.75) is 39.7 Å². The zero-order valence-corrected chi connectivity index (χ0v) is 10.9. The Kier molecular flexibility index (Phi) is 3.53. The fraction of sp³-hybridized carbons (Fsp3) is 0.467. The van der Waals surface area contributed by atoms with Crippen LogP contribution in [0.1, 0.15) is 44.1 Å². The summed E-state index contributed by atoms with van der Waals surface area (Å²) in [6.45, 7) is 6.46. The van der Waals surface area contributed by atoms with Crippen LogP contribution in [0.4, 0.5) is 0 Å². The van der Waals surface area contributed by atoms with Crippen LogP contribution >= 0.6 is 0 Å². The predicted octanol–water partition coefficient (Wildman–Crippen LogP) is 4.18. The Balaban J connectivity index is 2.29. The number of hydrogen-bond acceptors (Lipinski definition) is 2. The van der Waals surface area contributed by atoms with Crippen molar-refractivity contribution in [2.24, 2.45) is 11.7 Å². The Bertz CT molecular complexity index is 501. The molecule has 1 aromatic carbocycles. The molecule has 2 nitrogen and oxygen atoms in total. The van der Waals surface area contributed by atoms with Crippen LogP contribution in [0, 0.1) is 12.8 Å². The summed E-state index contributed by atoms with van der Waals surface area (Å²) in [5.74, 6) is 1.37. The number of furan rings is 1. The highest BCUT2D eigenvalue weighted by molar-refractivity contribution is 5.78. The van der Waals surface area contributed by atoms with Gasteiger partial charge in [0, 0.05) is 5.39 Å². The maximum atomic E-state index is 6.23. The van der Waals surface area contributed by atoms with E-state index >= 15 is 0 Å². The lowest BCUT2D eigenvalue weighted by Gasteiger charge is -2.16. The second-order valence-corrected chi connectivity index (χ2v) is 4.98. The van der Waals surface area contributed by atoms with Crippen molar-refractivity contribution in [2.75, 3.05) is 0 Å². The molecule has 2 N–H and O–H groups in total. The lowest BCUT2D eigenvalue weighted by atomic mass is 9.96. The molecule has 92 valence electrons. The van der Waals surface area contributed by atoms with Gasteiger partial charge in [-0.1, -0.05) is 31.9 Å². The minimum Gasteiger partial charge on any atom is -0.459 e. The van der Waals surface area contributed by atoms with E-state index in [-0.39, 0.29) is 6.04 Å². The molecule has 2 unspecified atom stereocenters. The molecule has 0 spiro atoms. The molecule has 2 aromatic rings.